The fourth-order valence-corrected chi connectivity index (χ4v) is 1.63. The van der Waals surface area contributed by atoms with Gasteiger partial charge in [-0.15, -0.1) is 0 Å². The number of hydrogen-bond acceptors (Lipinski definition) is 4. The Bertz CT molecular complexity index is 373. The lowest BCUT2D eigenvalue weighted by molar-refractivity contribution is 0.0953. The maximum atomic E-state index is 8.93. The molecule has 4 nitrogen and oxygen atoms in total. The number of nitrogens with zero attached hydrogens (tertiary/aromatic N) is 1. The predicted octanol–water partition coefficient (Wildman–Crippen LogP) is 2.36. The van der Waals surface area contributed by atoms with Crippen LogP contribution in [0.4, 0.5) is 0 Å². The van der Waals surface area contributed by atoms with Crippen molar-refractivity contribution in [3.8, 4) is 11.8 Å². The Balaban J connectivity index is 2.03. The van der Waals surface area contributed by atoms with E-state index in [-0.39, 0.29) is 6.04 Å². The van der Waals surface area contributed by atoms with Gasteiger partial charge in [0.25, 0.3) is 0 Å². The molecular formula is C15H22N2O2. The molecule has 0 aliphatic heterocycles. The highest BCUT2D eigenvalue weighted by molar-refractivity contribution is 5.20. The SMILES string of the molecule is CC(C)NC(C#N)CCOCCOc1ccccc1. The zero-order valence-electron chi connectivity index (χ0n) is 11.6. The van der Waals surface area contributed by atoms with Crippen LogP contribution in [0.2, 0.25) is 0 Å². The van der Waals surface area contributed by atoms with Gasteiger partial charge in [0.15, 0.2) is 0 Å². The third kappa shape index (κ3) is 7.45. The second-order valence-electron chi connectivity index (χ2n) is 4.57. The van der Waals surface area contributed by atoms with Gasteiger partial charge in [0.05, 0.1) is 18.7 Å². The first-order chi connectivity index (χ1) is 9.22. The molecule has 0 amide bonds. The van der Waals surface area contributed by atoms with Crippen LogP contribution >= 0.6 is 0 Å². The van der Waals surface area contributed by atoms with Gasteiger partial charge >= 0.3 is 0 Å². The summed E-state index contributed by atoms with van der Waals surface area (Å²) in [6.45, 7) is 5.68. The Morgan fingerprint density at radius 1 is 1.16 bits per heavy atom. The first-order valence-corrected chi connectivity index (χ1v) is 6.63. The van der Waals surface area contributed by atoms with Gasteiger partial charge in [-0.1, -0.05) is 18.2 Å². The van der Waals surface area contributed by atoms with Gasteiger partial charge in [0.1, 0.15) is 12.4 Å². The van der Waals surface area contributed by atoms with E-state index in [1.165, 1.54) is 0 Å². The molecule has 0 saturated heterocycles. The summed E-state index contributed by atoms with van der Waals surface area (Å²) in [5.74, 6) is 0.850. The van der Waals surface area contributed by atoms with Gasteiger partial charge in [0.2, 0.25) is 0 Å². The van der Waals surface area contributed by atoms with E-state index >= 15 is 0 Å². The van der Waals surface area contributed by atoms with E-state index in [1.54, 1.807) is 0 Å². The van der Waals surface area contributed by atoms with Crippen molar-refractivity contribution in [2.24, 2.45) is 0 Å². The minimum atomic E-state index is -0.143. The molecule has 1 rings (SSSR count). The number of nitrogens with one attached hydrogen (secondary N) is 1. The van der Waals surface area contributed by atoms with Crippen molar-refractivity contribution in [1.82, 2.24) is 5.32 Å². The van der Waals surface area contributed by atoms with Gasteiger partial charge in [-0.3, -0.25) is 5.32 Å². The van der Waals surface area contributed by atoms with Crippen LogP contribution in [0.1, 0.15) is 20.3 Å². The Kier molecular flexibility index (Phi) is 7.64. The number of rotatable bonds is 9. The smallest absolute Gasteiger partial charge is 0.119 e. The van der Waals surface area contributed by atoms with E-state index in [4.69, 9.17) is 14.7 Å². The van der Waals surface area contributed by atoms with E-state index in [0.717, 1.165) is 5.75 Å². The normalized spacial score (nSPS) is 12.1. The molecule has 0 aliphatic carbocycles. The molecule has 0 heterocycles. The first-order valence-electron chi connectivity index (χ1n) is 6.63. The Morgan fingerprint density at radius 3 is 2.53 bits per heavy atom. The number of ether oxygens (including phenoxy) is 2. The molecule has 0 fully saturated rings. The Hall–Kier alpha value is -1.57. The fraction of sp³-hybridized carbons (Fsp3) is 0.533. The number of nitriles is 1. The molecule has 19 heavy (non-hydrogen) atoms. The molecule has 1 aromatic rings. The first kappa shape index (κ1) is 15.5. The third-order valence-corrected chi connectivity index (χ3v) is 2.48. The van der Waals surface area contributed by atoms with E-state index in [0.29, 0.717) is 32.3 Å². The molecule has 0 bridgehead atoms. The van der Waals surface area contributed by atoms with Crippen LogP contribution in [0.5, 0.6) is 5.75 Å². The lowest BCUT2D eigenvalue weighted by atomic mass is 10.2. The quantitative estimate of drug-likeness (QED) is 0.694. The van der Waals surface area contributed by atoms with E-state index in [1.807, 2.05) is 44.2 Å². The van der Waals surface area contributed by atoms with Gasteiger partial charge in [-0.05, 0) is 32.4 Å². The van der Waals surface area contributed by atoms with Crippen LogP contribution in [0.3, 0.4) is 0 Å². The van der Waals surface area contributed by atoms with Crippen molar-refractivity contribution in [2.45, 2.75) is 32.4 Å². The summed E-state index contributed by atoms with van der Waals surface area (Å²) in [6, 6.07) is 12.0. The van der Waals surface area contributed by atoms with Crippen molar-refractivity contribution in [2.75, 3.05) is 19.8 Å². The Labute approximate surface area is 115 Å². The highest BCUT2D eigenvalue weighted by Crippen LogP contribution is 2.07. The monoisotopic (exact) mass is 262 g/mol. The third-order valence-electron chi connectivity index (χ3n) is 2.48. The lowest BCUT2D eigenvalue weighted by Gasteiger charge is -2.14. The van der Waals surface area contributed by atoms with Crippen LogP contribution in [0, 0.1) is 11.3 Å². The van der Waals surface area contributed by atoms with Crippen LogP contribution in [0.25, 0.3) is 0 Å². The standard InChI is InChI=1S/C15H22N2O2/c1-13(2)17-14(12-16)8-9-18-10-11-19-15-6-4-3-5-7-15/h3-7,13-14,17H,8-11H2,1-2H3. The summed E-state index contributed by atoms with van der Waals surface area (Å²) in [6.07, 6.45) is 0.694. The molecule has 0 radical (unpaired) electrons. The largest absolute Gasteiger partial charge is 0.491 e. The molecule has 1 unspecified atom stereocenters. The molecule has 0 spiro atoms. The van der Waals surface area contributed by atoms with Crippen molar-refractivity contribution < 1.29 is 9.47 Å². The fourth-order valence-electron chi connectivity index (χ4n) is 1.63. The maximum absolute atomic E-state index is 8.93. The molecule has 104 valence electrons. The summed E-state index contributed by atoms with van der Waals surface area (Å²) >= 11 is 0. The molecule has 1 aromatic carbocycles. The topological polar surface area (TPSA) is 54.3 Å². The predicted molar refractivity (Wildman–Crippen MR) is 75.0 cm³/mol. The highest BCUT2D eigenvalue weighted by Gasteiger charge is 2.07. The van der Waals surface area contributed by atoms with Gasteiger partial charge in [0, 0.05) is 12.6 Å². The lowest BCUT2D eigenvalue weighted by Crippen LogP contribution is -2.34. The molecular weight excluding hydrogens is 240 g/mol. The second-order valence-corrected chi connectivity index (χ2v) is 4.57. The average Bonchev–Trinajstić information content (AvgIpc) is 2.42. The van der Waals surface area contributed by atoms with Crippen molar-refractivity contribution in [3.63, 3.8) is 0 Å². The van der Waals surface area contributed by atoms with Crippen LogP contribution < -0.4 is 10.1 Å². The van der Waals surface area contributed by atoms with Crippen LogP contribution in [-0.2, 0) is 4.74 Å². The summed E-state index contributed by atoms with van der Waals surface area (Å²) < 4.78 is 11.0. The summed E-state index contributed by atoms with van der Waals surface area (Å²) in [5, 5.41) is 12.1. The molecule has 0 saturated carbocycles. The molecule has 1 atom stereocenters. The van der Waals surface area contributed by atoms with Gasteiger partial charge in [-0.25, -0.2) is 0 Å². The highest BCUT2D eigenvalue weighted by atomic mass is 16.5. The van der Waals surface area contributed by atoms with Gasteiger partial charge < -0.3 is 9.47 Å². The minimum Gasteiger partial charge on any atom is -0.491 e. The molecule has 0 aromatic heterocycles. The molecule has 4 heteroatoms. The van der Waals surface area contributed by atoms with Gasteiger partial charge in [-0.2, -0.15) is 5.26 Å². The summed E-state index contributed by atoms with van der Waals surface area (Å²) in [5.41, 5.74) is 0. The number of hydrogen-bond donors (Lipinski definition) is 1. The Morgan fingerprint density at radius 2 is 1.89 bits per heavy atom. The minimum absolute atomic E-state index is 0.143. The summed E-state index contributed by atoms with van der Waals surface area (Å²) in [4.78, 5) is 0. The number of benzene rings is 1. The van der Waals surface area contributed by atoms with Crippen LogP contribution in [0.15, 0.2) is 30.3 Å². The van der Waals surface area contributed by atoms with E-state index in [2.05, 4.69) is 11.4 Å². The molecule has 1 N–H and O–H groups in total. The number of para-hydroxylation sites is 1. The zero-order chi connectivity index (χ0) is 13.9. The van der Waals surface area contributed by atoms with E-state index in [9.17, 15) is 0 Å². The maximum Gasteiger partial charge on any atom is 0.119 e. The van der Waals surface area contributed by atoms with E-state index < -0.39 is 0 Å². The van der Waals surface area contributed by atoms with Crippen molar-refractivity contribution in [3.05, 3.63) is 30.3 Å². The summed E-state index contributed by atoms with van der Waals surface area (Å²) in [7, 11) is 0. The van der Waals surface area contributed by atoms with Crippen LogP contribution in [-0.4, -0.2) is 31.9 Å². The molecule has 0 aliphatic rings. The van der Waals surface area contributed by atoms with Crippen molar-refractivity contribution >= 4 is 0 Å². The average molecular weight is 262 g/mol. The second kappa shape index (κ2) is 9.37. The van der Waals surface area contributed by atoms with Crippen molar-refractivity contribution in [1.29, 1.82) is 5.26 Å². The zero-order valence-corrected chi connectivity index (χ0v) is 11.6.